The van der Waals surface area contributed by atoms with E-state index < -0.39 is 17.8 Å². The van der Waals surface area contributed by atoms with Crippen molar-refractivity contribution in [1.29, 1.82) is 0 Å². The number of ether oxygens (including phenoxy) is 1. The average Bonchev–Trinajstić information content (AvgIpc) is 3.27. The highest BCUT2D eigenvalue weighted by Crippen LogP contribution is 2.38. The zero-order valence-corrected chi connectivity index (χ0v) is 19.5. The molecule has 2 aromatic carbocycles. The lowest BCUT2D eigenvalue weighted by atomic mass is 9.95. The number of amides is 1. The van der Waals surface area contributed by atoms with E-state index in [0.29, 0.717) is 28.5 Å². The monoisotopic (exact) mass is 513 g/mol. The number of hydrogen-bond acceptors (Lipinski definition) is 6. The fourth-order valence-corrected chi connectivity index (χ4v) is 3.99. The molecular weight excluding hydrogens is 493 g/mol. The highest BCUT2D eigenvalue weighted by molar-refractivity contribution is 9.10. The Kier molecular flexibility index (Phi) is 6.55. The van der Waals surface area contributed by atoms with Gasteiger partial charge in [0.1, 0.15) is 24.7 Å². The van der Waals surface area contributed by atoms with Gasteiger partial charge in [-0.15, -0.1) is 0 Å². The van der Waals surface area contributed by atoms with Crippen LogP contribution in [0.25, 0.3) is 0 Å². The molecule has 8 nitrogen and oxygen atoms in total. The lowest BCUT2D eigenvalue weighted by Gasteiger charge is -2.35. The number of halogens is 2. The zero-order chi connectivity index (χ0) is 23.5. The standard InChI is InChI=1S/C23H21BrFN5O3/c1-3-33-22(32)20-14(2)29(12-19(31)28-18-10-6-16(24)7-11-18)23-26-13-27-30(23)21(20)15-4-8-17(25)9-5-15/h4-11,13,21H,3,12H2,1-2H3,(H,28,31). The maximum absolute atomic E-state index is 13.6. The van der Waals surface area contributed by atoms with E-state index in [1.807, 2.05) is 12.1 Å². The fraction of sp³-hybridized carbons (Fsp3) is 0.217. The van der Waals surface area contributed by atoms with E-state index in [2.05, 4.69) is 31.3 Å². The molecule has 170 valence electrons. The summed E-state index contributed by atoms with van der Waals surface area (Å²) in [4.78, 5) is 31.8. The first-order valence-electron chi connectivity index (χ1n) is 10.2. The summed E-state index contributed by atoms with van der Waals surface area (Å²) in [5.41, 5.74) is 2.09. The van der Waals surface area contributed by atoms with Gasteiger partial charge in [0.2, 0.25) is 11.9 Å². The highest BCUT2D eigenvalue weighted by Gasteiger charge is 2.38. The van der Waals surface area contributed by atoms with Crippen molar-refractivity contribution in [2.45, 2.75) is 19.9 Å². The second-order valence-electron chi connectivity index (χ2n) is 7.32. The Hall–Kier alpha value is -3.53. The molecule has 10 heteroatoms. The molecule has 1 N–H and O–H groups in total. The van der Waals surface area contributed by atoms with Gasteiger partial charge in [-0.3, -0.25) is 4.79 Å². The van der Waals surface area contributed by atoms with Gasteiger partial charge >= 0.3 is 5.97 Å². The molecule has 33 heavy (non-hydrogen) atoms. The Morgan fingerprint density at radius 1 is 1.15 bits per heavy atom. The molecule has 0 fully saturated rings. The summed E-state index contributed by atoms with van der Waals surface area (Å²) in [7, 11) is 0. The Labute approximate surface area is 198 Å². The van der Waals surface area contributed by atoms with Crippen LogP contribution in [0.2, 0.25) is 0 Å². The molecule has 0 bridgehead atoms. The maximum atomic E-state index is 13.6. The summed E-state index contributed by atoms with van der Waals surface area (Å²) in [6.07, 6.45) is 1.35. The number of rotatable bonds is 6. The minimum absolute atomic E-state index is 0.0976. The molecule has 3 aromatic rings. The number of nitrogens with one attached hydrogen (secondary N) is 1. The first kappa shape index (κ1) is 22.7. The number of benzene rings is 2. The molecule has 0 aliphatic carbocycles. The first-order chi connectivity index (χ1) is 15.9. The molecular formula is C23H21BrFN5O3. The van der Waals surface area contributed by atoms with E-state index >= 15 is 0 Å². The molecule has 1 aromatic heterocycles. The Bertz CT molecular complexity index is 1210. The first-order valence-corrected chi connectivity index (χ1v) is 11.0. The van der Waals surface area contributed by atoms with E-state index in [4.69, 9.17) is 4.74 Å². The molecule has 0 spiro atoms. The smallest absolute Gasteiger partial charge is 0.338 e. The third kappa shape index (κ3) is 4.65. The van der Waals surface area contributed by atoms with Crippen molar-refractivity contribution in [2.24, 2.45) is 0 Å². The largest absolute Gasteiger partial charge is 0.463 e. The van der Waals surface area contributed by atoms with Gasteiger partial charge in [-0.2, -0.15) is 10.1 Å². The van der Waals surface area contributed by atoms with Gasteiger partial charge in [-0.05, 0) is 55.8 Å². The molecule has 1 aliphatic heterocycles. The van der Waals surface area contributed by atoms with Gasteiger partial charge in [0, 0.05) is 15.9 Å². The number of nitrogens with zero attached hydrogens (tertiary/aromatic N) is 4. The molecule has 4 rings (SSSR count). The minimum Gasteiger partial charge on any atom is -0.463 e. The van der Waals surface area contributed by atoms with E-state index in [1.165, 1.54) is 18.5 Å². The van der Waals surface area contributed by atoms with Crippen LogP contribution in [0.1, 0.15) is 25.5 Å². The van der Waals surface area contributed by atoms with Gasteiger partial charge in [0.15, 0.2) is 0 Å². The molecule has 0 radical (unpaired) electrons. The van der Waals surface area contributed by atoms with Crippen LogP contribution in [0.4, 0.5) is 16.0 Å². The van der Waals surface area contributed by atoms with Crippen molar-refractivity contribution < 1.29 is 18.7 Å². The highest BCUT2D eigenvalue weighted by atomic mass is 79.9. The number of allylic oxidation sites excluding steroid dienone is 1. The van der Waals surface area contributed by atoms with Gasteiger partial charge < -0.3 is 15.0 Å². The van der Waals surface area contributed by atoms with Gasteiger partial charge in [0.25, 0.3) is 0 Å². The molecule has 1 unspecified atom stereocenters. The van der Waals surface area contributed by atoms with E-state index in [-0.39, 0.29) is 19.1 Å². The normalized spacial score (nSPS) is 15.3. The van der Waals surface area contributed by atoms with Crippen LogP contribution < -0.4 is 10.2 Å². The van der Waals surface area contributed by atoms with E-state index in [0.717, 1.165) is 4.47 Å². The molecule has 1 aliphatic rings. The fourth-order valence-electron chi connectivity index (χ4n) is 3.72. The molecule has 0 saturated carbocycles. The molecule has 1 amide bonds. The number of carbonyl (C=O) groups excluding carboxylic acids is 2. The van der Waals surface area contributed by atoms with Crippen LogP contribution in [0, 0.1) is 5.82 Å². The van der Waals surface area contributed by atoms with E-state index in [9.17, 15) is 14.0 Å². The quantitative estimate of drug-likeness (QED) is 0.499. The van der Waals surface area contributed by atoms with E-state index in [1.54, 1.807) is 47.7 Å². The third-order valence-electron chi connectivity index (χ3n) is 5.22. The van der Waals surface area contributed by atoms with Crippen LogP contribution in [0.3, 0.4) is 0 Å². The second-order valence-corrected chi connectivity index (χ2v) is 8.24. The van der Waals surface area contributed by atoms with Crippen molar-refractivity contribution in [3.05, 3.63) is 82.0 Å². The third-order valence-corrected chi connectivity index (χ3v) is 5.75. The van der Waals surface area contributed by atoms with Crippen molar-refractivity contribution in [1.82, 2.24) is 14.8 Å². The SMILES string of the molecule is CCOC(=O)C1=C(C)N(CC(=O)Nc2ccc(Br)cc2)c2ncnn2C1c1ccc(F)cc1. The van der Waals surface area contributed by atoms with Crippen molar-refractivity contribution >= 4 is 39.4 Å². The predicted molar refractivity (Wildman–Crippen MR) is 124 cm³/mol. The van der Waals surface area contributed by atoms with Crippen molar-refractivity contribution in [3.63, 3.8) is 0 Å². The summed E-state index contributed by atoms with van der Waals surface area (Å²) in [5, 5.41) is 7.15. The van der Waals surface area contributed by atoms with Gasteiger partial charge in [0.05, 0.1) is 12.2 Å². The van der Waals surface area contributed by atoms with Gasteiger partial charge in [-0.25, -0.2) is 13.9 Å². The lowest BCUT2D eigenvalue weighted by molar-refractivity contribution is -0.139. The number of aromatic nitrogens is 3. The minimum atomic E-state index is -0.673. The summed E-state index contributed by atoms with van der Waals surface area (Å²) >= 11 is 3.36. The van der Waals surface area contributed by atoms with Crippen LogP contribution in [-0.2, 0) is 14.3 Å². The lowest BCUT2D eigenvalue weighted by Crippen LogP contribution is -2.40. The Morgan fingerprint density at radius 3 is 2.52 bits per heavy atom. The molecule has 0 saturated heterocycles. The number of fused-ring (bicyclic) bond motifs is 1. The summed E-state index contributed by atoms with van der Waals surface area (Å²) in [6.45, 7) is 3.53. The number of anilines is 2. The van der Waals surface area contributed by atoms with Crippen LogP contribution in [0.15, 0.2) is 70.6 Å². The van der Waals surface area contributed by atoms with Crippen LogP contribution in [-0.4, -0.2) is 39.8 Å². The summed E-state index contributed by atoms with van der Waals surface area (Å²) < 4.78 is 21.3. The predicted octanol–water partition coefficient (Wildman–Crippen LogP) is 4.06. The topological polar surface area (TPSA) is 89.3 Å². The number of esters is 1. The van der Waals surface area contributed by atoms with Crippen molar-refractivity contribution in [2.75, 3.05) is 23.4 Å². The summed E-state index contributed by atoms with van der Waals surface area (Å²) in [6, 6.07) is 12.4. The Morgan fingerprint density at radius 2 is 1.85 bits per heavy atom. The van der Waals surface area contributed by atoms with Crippen molar-refractivity contribution in [3.8, 4) is 0 Å². The molecule has 1 atom stereocenters. The van der Waals surface area contributed by atoms with Gasteiger partial charge in [-0.1, -0.05) is 28.1 Å². The molecule has 2 heterocycles. The number of hydrogen-bond donors (Lipinski definition) is 1. The average molecular weight is 514 g/mol. The maximum Gasteiger partial charge on any atom is 0.338 e. The summed E-state index contributed by atoms with van der Waals surface area (Å²) in [5.74, 6) is -0.836. The Balaban J connectivity index is 1.72. The van der Waals surface area contributed by atoms with Crippen LogP contribution >= 0.6 is 15.9 Å². The van der Waals surface area contributed by atoms with Crippen LogP contribution in [0.5, 0.6) is 0 Å². The zero-order valence-electron chi connectivity index (χ0n) is 18.0. The number of carbonyl (C=O) groups is 2. The second kappa shape index (κ2) is 9.53.